The molecule has 0 saturated carbocycles. The summed E-state index contributed by atoms with van der Waals surface area (Å²) in [5.74, 6) is 1.16. The lowest BCUT2D eigenvalue weighted by Gasteiger charge is -2.23. The van der Waals surface area contributed by atoms with Gasteiger partial charge in [0.25, 0.3) is 0 Å². The van der Waals surface area contributed by atoms with E-state index < -0.39 is 5.95 Å². The molecule has 1 unspecified atom stereocenters. The highest BCUT2D eigenvalue weighted by molar-refractivity contribution is 5.51. The molecule has 0 N–H and O–H groups in total. The standard InChI is InChI=1S/C18H17FN6/c1-3-12-7-15(19)24-16(8-12)25-10-14-13(11(25)2)9-22-18(23-14)17-20-5-4-6-21-17/h4-9,11H,3,10H2,1-2H3. The molecule has 7 heteroatoms. The molecule has 126 valence electrons. The van der Waals surface area contributed by atoms with E-state index >= 15 is 0 Å². The molecule has 1 atom stereocenters. The normalized spacial score (nSPS) is 16.1. The molecular formula is C18H17FN6. The van der Waals surface area contributed by atoms with Gasteiger partial charge in [0.05, 0.1) is 18.3 Å². The number of hydrogen-bond donors (Lipinski definition) is 0. The molecule has 0 spiro atoms. The number of pyridine rings is 1. The van der Waals surface area contributed by atoms with Crippen molar-refractivity contribution in [3.8, 4) is 11.6 Å². The Morgan fingerprint density at radius 3 is 2.68 bits per heavy atom. The summed E-state index contributed by atoms with van der Waals surface area (Å²) in [6.45, 7) is 4.60. The van der Waals surface area contributed by atoms with Crippen LogP contribution in [0.4, 0.5) is 10.2 Å². The van der Waals surface area contributed by atoms with Gasteiger partial charge in [-0.05, 0) is 37.1 Å². The monoisotopic (exact) mass is 336 g/mol. The molecule has 6 nitrogen and oxygen atoms in total. The van der Waals surface area contributed by atoms with Crippen LogP contribution in [-0.2, 0) is 13.0 Å². The van der Waals surface area contributed by atoms with Crippen LogP contribution >= 0.6 is 0 Å². The number of halogens is 1. The van der Waals surface area contributed by atoms with Crippen molar-refractivity contribution in [1.82, 2.24) is 24.9 Å². The van der Waals surface area contributed by atoms with Crippen molar-refractivity contribution in [3.05, 3.63) is 59.6 Å². The summed E-state index contributed by atoms with van der Waals surface area (Å²) in [5.41, 5.74) is 2.84. The molecule has 4 heterocycles. The fourth-order valence-electron chi connectivity index (χ4n) is 3.06. The number of fused-ring (bicyclic) bond motifs is 1. The van der Waals surface area contributed by atoms with E-state index in [0.29, 0.717) is 24.0 Å². The molecule has 4 rings (SSSR count). The van der Waals surface area contributed by atoms with Crippen LogP contribution in [0.1, 0.15) is 36.7 Å². The van der Waals surface area contributed by atoms with Crippen molar-refractivity contribution in [2.75, 3.05) is 4.90 Å². The van der Waals surface area contributed by atoms with Gasteiger partial charge in [-0.15, -0.1) is 0 Å². The molecule has 0 fully saturated rings. The van der Waals surface area contributed by atoms with E-state index in [1.54, 1.807) is 24.7 Å². The molecule has 0 radical (unpaired) electrons. The van der Waals surface area contributed by atoms with Gasteiger partial charge in [0.1, 0.15) is 5.82 Å². The first-order valence-electron chi connectivity index (χ1n) is 8.22. The molecule has 1 aliphatic heterocycles. The third kappa shape index (κ3) is 2.82. The first kappa shape index (κ1) is 15.6. The second-order valence-corrected chi connectivity index (χ2v) is 5.98. The Labute approximate surface area is 144 Å². The van der Waals surface area contributed by atoms with Crippen LogP contribution in [0.3, 0.4) is 0 Å². The average Bonchev–Trinajstić information content (AvgIpc) is 2.98. The van der Waals surface area contributed by atoms with Gasteiger partial charge < -0.3 is 4.90 Å². The zero-order valence-corrected chi connectivity index (χ0v) is 14.0. The quantitative estimate of drug-likeness (QED) is 0.685. The smallest absolute Gasteiger partial charge is 0.215 e. The van der Waals surface area contributed by atoms with E-state index in [1.807, 2.05) is 24.8 Å². The highest BCUT2D eigenvalue weighted by Gasteiger charge is 2.30. The first-order valence-corrected chi connectivity index (χ1v) is 8.22. The van der Waals surface area contributed by atoms with Gasteiger partial charge >= 0.3 is 0 Å². The number of anilines is 1. The minimum absolute atomic E-state index is 0.0275. The fraction of sp³-hybridized carbons (Fsp3) is 0.278. The predicted octanol–water partition coefficient (Wildman–Crippen LogP) is 3.11. The van der Waals surface area contributed by atoms with Gasteiger partial charge in [-0.25, -0.2) is 24.9 Å². The van der Waals surface area contributed by atoms with Crippen LogP contribution in [0.5, 0.6) is 0 Å². The molecule has 0 aromatic carbocycles. The summed E-state index contributed by atoms with van der Waals surface area (Å²) < 4.78 is 13.8. The SMILES string of the molecule is CCc1cc(F)nc(N2Cc3nc(-c4ncccn4)ncc3C2C)c1. The molecule has 0 amide bonds. The highest BCUT2D eigenvalue weighted by atomic mass is 19.1. The van der Waals surface area contributed by atoms with Gasteiger partial charge in [-0.1, -0.05) is 6.92 Å². The zero-order valence-electron chi connectivity index (χ0n) is 14.0. The predicted molar refractivity (Wildman–Crippen MR) is 91.2 cm³/mol. The maximum atomic E-state index is 13.8. The first-order chi connectivity index (χ1) is 12.2. The van der Waals surface area contributed by atoms with E-state index in [2.05, 4.69) is 24.9 Å². The Kier molecular flexibility index (Phi) is 3.83. The second kappa shape index (κ2) is 6.16. The van der Waals surface area contributed by atoms with Crippen molar-refractivity contribution < 1.29 is 4.39 Å². The van der Waals surface area contributed by atoms with Crippen LogP contribution in [0, 0.1) is 5.95 Å². The number of aromatic nitrogens is 5. The molecule has 3 aromatic rings. The van der Waals surface area contributed by atoms with Crippen LogP contribution in [0.15, 0.2) is 36.8 Å². The maximum absolute atomic E-state index is 13.8. The minimum Gasteiger partial charge on any atom is -0.344 e. The van der Waals surface area contributed by atoms with Crippen LogP contribution in [0.25, 0.3) is 11.6 Å². The van der Waals surface area contributed by atoms with Gasteiger partial charge in [-0.2, -0.15) is 4.39 Å². The van der Waals surface area contributed by atoms with Crippen molar-refractivity contribution in [1.29, 1.82) is 0 Å². The van der Waals surface area contributed by atoms with Crippen molar-refractivity contribution >= 4 is 5.82 Å². The Hall–Kier alpha value is -2.96. The molecule has 0 bridgehead atoms. The summed E-state index contributed by atoms with van der Waals surface area (Å²) in [5, 5.41) is 0. The average molecular weight is 336 g/mol. The lowest BCUT2D eigenvalue weighted by Crippen LogP contribution is -2.20. The largest absolute Gasteiger partial charge is 0.344 e. The number of hydrogen-bond acceptors (Lipinski definition) is 6. The Balaban J connectivity index is 1.69. The summed E-state index contributed by atoms with van der Waals surface area (Å²) in [6, 6.07) is 5.18. The van der Waals surface area contributed by atoms with Gasteiger partial charge in [0.2, 0.25) is 5.95 Å². The van der Waals surface area contributed by atoms with Crippen LogP contribution in [0.2, 0.25) is 0 Å². The number of nitrogens with zero attached hydrogens (tertiary/aromatic N) is 6. The lowest BCUT2D eigenvalue weighted by atomic mass is 10.1. The fourth-order valence-corrected chi connectivity index (χ4v) is 3.06. The van der Waals surface area contributed by atoms with Crippen LogP contribution < -0.4 is 4.90 Å². The number of rotatable bonds is 3. The van der Waals surface area contributed by atoms with Gasteiger partial charge in [0, 0.05) is 24.2 Å². The summed E-state index contributed by atoms with van der Waals surface area (Å²) >= 11 is 0. The van der Waals surface area contributed by atoms with Crippen molar-refractivity contribution in [2.24, 2.45) is 0 Å². The topological polar surface area (TPSA) is 67.7 Å². The summed E-state index contributed by atoms with van der Waals surface area (Å²) in [4.78, 5) is 23.5. The molecule has 1 aliphatic rings. The Morgan fingerprint density at radius 1 is 1.12 bits per heavy atom. The minimum atomic E-state index is -0.457. The van der Waals surface area contributed by atoms with Crippen LogP contribution in [-0.4, -0.2) is 24.9 Å². The van der Waals surface area contributed by atoms with Crippen molar-refractivity contribution in [3.63, 3.8) is 0 Å². The van der Waals surface area contributed by atoms with E-state index in [9.17, 15) is 4.39 Å². The van der Waals surface area contributed by atoms with E-state index in [0.717, 1.165) is 23.2 Å². The van der Waals surface area contributed by atoms with Crippen molar-refractivity contribution in [2.45, 2.75) is 32.9 Å². The summed E-state index contributed by atoms with van der Waals surface area (Å²) in [6.07, 6.45) is 5.89. The number of aryl methyl sites for hydroxylation is 1. The summed E-state index contributed by atoms with van der Waals surface area (Å²) in [7, 11) is 0. The third-order valence-electron chi connectivity index (χ3n) is 4.45. The van der Waals surface area contributed by atoms with E-state index in [4.69, 9.17) is 0 Å². The molecule has 3 aromatic heterocycles. The molecule has 0 aliphatic carbocycles. The maximum Gasteiger partial charge on any atom is 0.215 e. The van der Waals surface area contributed by atoms with E-state index in [1.165, 1.54) is 6.07 Å². The highest BCUT2D eigenvalue weighted by Crippen LogP contribution is 2.36. The third-order valence-corrected chi connectivity index (χ3v) is 4.45. The van der Waals surface area contributed by atoms with E-state index in [-0.39, 0.29) is 6.04 Å². The zero-order chi connectivity index (χ0) is 17.4. The Morgan fingerprint density at radius 2 is 1.92 bits per heavy atom. The molecule has 25 heavy (non-hydrogen) atoms. The lowest BCUT2D eigenvalue weighted by molar-refractivity contribution is 0.575. The Bertz CT molecular complexity index is 915. The van der Waals surface area contributed by atoms with Gasteiger partial charge in [0.15, 0.2) is 11.6 Å². The molecule has 0 saturated heterocycles. The van der Waals surface area contributed by atoms with Gasteiger partial charge in [-0.3, -0.25) is 0 Å². The molecular weight excluding hydrogens is 319 g/mol. The second-order valence-electron chi connectivity index (χ2n) is 5.98.